The van der Waals surface area contributed by atoms with Crippen molar-refractivity contribution in [2.45, 2.75) is 32.1 Å². The number of nitrogens with zero attached hydrogens (tertiary/aromatic N) is 2. The maximum Gasteiger partial charge on any atom is 0.307 e. The van der Waals surface area contributed by atoms with Gasteiger partial charge in [0.1, 0.15) is 5.82 Å². The highest BCUT2D eigenvalue weighted by atomic mass is 35.5. The Morgan fingerprint density at radius 1 is 1.46 bits per heavy atom. The van der Waals surface area contributed by atoms with Gasteiger partial charge in [0.25, 0.3) is 0 Å². The number of likely N-dealkylation sites (tertiary alicyclic amines) is 1. The predicted octanol–water partition coefficient (Wildman–Crippen LogP) is 4.15. The van der Waals surface area contributed by atoms with Crippen LogP contribution in [-0.2, 0) is 4.79 Å². The average Bonchev–Trinajstić information content (AvgIpc) is 2.95. The summed E-state index contributed by atoms with van der Waals surface area (Å²) >= 11 is 1.36. The van der Waals surface area contributed by atoms with Crippen LogP contribution in [0.5, 0.6) is 0 Å². The molecule has 3 rings (SSSR count). The molecule has 1 saturated heterocycles. The number of carboxylic acid groups (broad SMARTS) is 1. The number of halogens is 2. The molecule has 1 aromatic carbocycles. The molecule has 1 aliphatic heterocycles. The molecule has 2 heterocycles. The lowest BCUT2D eigenvalue weighted by Crippen LogP contribution is -2.38. The second kappa shape index (κ2) is 8.23. The Balaban J connectivity index is 0.00000208. The summed E-state index contributed by atoms with van der Waals surface area (Å²) in [7, 11) is 0. The SMILES string of the molecule is CCC(CN1CCC(c2nsc3cc(F)ccc23)CC1)C(=O)O.Cl. The highest BCUT2D eigenvalue weighted by Gasteiger charge is 2.26. The van der Waals surface area contributed by atoms with Gasteiger partial charge in [-0.05, 0) is 62.1 Å². The maximum absolute atomic E-state index is 13.3. The highest BCUT2D eigenvalue weighted by molar-refractivity contribution is 7.13. The molecule has 132 valence electrons. The zero-order valence-corrected chi connectivity index (χ0v) is 15.2. The molecule has 0 aliphatic carbocycles. The first-order valence-corrected chi connectivity index (χ1v) is 8.85. The minimum absolute atomic E-state index is 0. The monoisotopic (exact) mass is 372 g/mol. The molecule has 1 N–H and O–H groups in total. The van der Waals surface area contributed by atoms with E-state index in [2.05, 4.69) is 9.27 Å². The zero-order chi connectivity index (χ0) is 16.4. The van der Waals surface area contributed by atoms with Crippen LogP contribution in [0.2, 0.25) is 0 Å². The third-order valence-corrected chi connectivity index (χ3v) is 5.58. The number of hydrogen-bond donors (Lipinski definition) is 1. The summed E-state index contributed by atoms with van der Waals surface area (Å²) in [5, 5.41) is 10.2. The molecule has 7 heteroatoms. The van der Waals surface area contributed by atoms with E-state index >= 15 is 0 Å². The molecule has 1 aromatic heterocycles. The second-order valence-corrected chi connectivity index (χ2v) is 7.03. The summed E-state index contributed by atoms with van der Waals surface area (Å²) in [5.41, 5.74) is 1.08. The van der Waals surface area contributed by atoms with Crippen LogP contribution in [0.1, 0.15) is 37.8 Å². The number of carbonyl (C=O) groups is 1. The topological polar surface area (TPSA) is 53.4 Å². The van der Waals surface area contributed by atoms with Gasteiger partial charge in [0.15, 0.2) is 0 Å². The van der Waals surface area contributed by atoms with E-state index in [0.717, 1.165) is 41.7 Å². The van der Waals surface area contributed by atoms with Crippen LogP contribution < -0.4 is 0 Å². The average molecular weight is 373 g/mol. The van der Waals surface area contributed by atoms with Gasteiger partial charge in [-0.1, -0.05) is 6.92 Å². The van der Waals surface area contributed by atoms with Crippen molar-refractivity contribution in [1.29, 1.82) is 0 Å². The summed E-state index contributed by atoms with van der Waals surface area (Å²) in [6.45, 7) is 4.34. The molecule has 0 saturated carbocycles. The first kappa shape index (κ1) is 19.1. The Labute approximate surface area is 151 Å². The van der Waals surface area contributed by atoms with Crippen molar-refractivity contribution >= 4 is 40.0 Å². The van der Waals surface area contributed by atoms with E-state index < -0.39 is 5.97 Å². The van der Waals surface area contributed by atoms with Crippen LogP contribution >= 0.6 is 23.9 Å². The Kier molecular flexibility index (Phi) is 6.54. The van der Waals surface area contributed by atoms with Gasteiger partial charge < -0.3 is 10.0 Å². The van der Waals surface area contributed by atoms with E-state index in [4.69, 9.17) is 0 Å². The number of hydrogen-bond acceptors (Lipinski definition) is 4. The number of piperidine rings is 1. The summed E-state index contributed by atoms with van der Waals surface area (Å²) in [6, 6.07) is 4.87. The minimum atomic E-state index is -0.706. The molecule has 1 fully saturated rings. The van der Waals surface area contributed by atoms with E-state index in [-0.39, 0.29) is 24.1 Å². The second-order valence-electron chi connectivity index (χ2n) is 6.23. The van der Waals surface area contributed by atoms with Crippen molar-refractivity contribution in [3.8, 4) is 0 Å². The van der Waals surface area contributed by atoms with E-state index in [9.17, 15) is 14.3 Å². The number of rotatable bonds is 5. The van der Waals surface area contributed by atoms with Gasteiger partial charge in [-0.15, -0.1) is 12.4 Å². The molecule has 4 nitrogen and oxygen atoms in total. The van der Waals surface area contributed by atoms with Crippen LogP contribution in [0, 0.1) is 11.7 Å². The largest absolute Gasteiger partial charge is 0.481 e. The van der Waals surface area contributed by atoms with E-state index in [1.807, 2.05) is 13.0 Å². The third kappa shape index (κ3) is 4.05. The van der Waals surface area contributed by atoms with Crippen LogP contribution in [0.4, 0.5) is 4.39 Å². The standard InChI is InChI=1S/C17H21FN2O2S.ClH/c1-2-11(17(21)22)10-20-7-5-12(6-8-20)16-14-4-3-13(18)9-15(14)23-19-16;/h3-4,9,11-12H,2,5-8,10H2,1H3,(H,21,22);1H. The molecule has 1 aliphatic rings. The Bertz CT molecular complexity index is 701. The fourth-order valence-corrected chi connectivity index (χ4v) is 4.19. The maximum atomic E-state index is 13.3. The van der Waals surface area contributed by atoms with Gasteiger partial charge >= 0.3 is 5.97 Å². The number of carboxylic acids is 1. The van der Waals surface area contributed by atoms with Gasteiger partial charge in [-0.25, -0.2) is 4.39 Å². The first-order chi connectivity index (χ1) is 11.1. The molecule has 24 heavy (non-hydrogen) atoms. The fourth-order valence-electron chi connectivity index (χ4n) is 3.31. The number of fused-ring (bicyclic) bond motifs is 1. The van der Waals surface area contributed by atoms with Gasteiger partial charge in [-0.3, -0.25) is 4.79 Å². The van der Waals surface area contributed by atoms with Crippen molar-refractivity contribution in [3.05, 3.63) is 29.7 Å². The normalized spacial score (nSPS) is 17.6. The third-order valence-electron chi connectivity index (χ3n) is 4.76. The smallest absolute Gasteiger partial charge is 0.307 e. The lowest BCUT2D eigenvalue weighted by atomic mass is 9.91. The predicted molar refractivity (Wildman–Crippen MR) is 96.7 cm³/mol. The Morgan fingerprint density at radius 2 is 2.17 bits per heavy atom. The molecule has 0 spiro atoms. The number of aromatic nitrogens is 1. The molecule has 0 bridgehead atoms. The molecular weight excluding hydrogens is 351 g/mol. The molecule has 0 amide bonds. The van der Waals surface area contributed by atoms with Gasteiger partial charge in [-0.2, -0.15) is 4.37 Å². The lowest BCUT2D eigenvalue weighted by Gasteiger charge is -2.32. The minimum Gasteiger partial charge on any atom is -0.481 e. The van der Waals surface area contributed by atoms with Crippen molar-refractivity contribution in [2.75, 3.05) is 19.6 Å². The Hall–Kier alpha value is -1.24. The molecule has 2 aromatic rings. The number of benzene rings is 1. The quantitative estimate of drug-likeness (QED) is 0.856. The zero-order valence-electron chi connectivity index (χ0n) is 13.6. The van der Waals surface area contributed by atoms with Crippen LogP contribution in [0.15, 0.2) is 18.2 Å². The summed E-state index contributed by atoms with van der Waals surface area (Å²) in [5.74, 6) is -0.825. The van der Waals surface area contributed by atoms with Crippen LogP contribution in [0.3, 0.4) is 0 Å². The van der Waals surface area contributed by atoms with Crippen molar-refractivity contribution in [2.24, 2.45) is 5.92 Å². The van der Waals surface area contributed by atoms with Crippen molar-refractivity contribution < 1.29 is 14.3 Å². The Morgan fingerprint density at radius 3 is 2.79 bits per heavy atom. The molecular formula is C17H22ClFN2O2S. The van der Waals surface area contributed by atoms with Crippen molar-refractivity contribution in [3.63, 3.8) is 0 Å². The van der Waals surface area contributed by atoms with Gasteiger partial charge in [0, 0.05) is 17.8 Å². The van der Waals surface area contributed by atoms with E-state index in [1.165, 1.54) is 17.6 Å². The first-order valence-electron chi connectivity index (χ1n) is 8.08. The van der Waals surface area contributed by atoms with Crippen molar-refractivity contribution in [1.82, 2.24) is 9.27 Å². The van der Waals surface area contributed by atoms with Crippen LogP contribution in [-0.4, -0.2) is 40.0 Å². The van der Waals surface area contributed by atoms with Gasteiger partial charge in [0.05, 0.1) is 16.3 Å². The van der Waals surface area contributed by atoms with Gasteiger partial charge in [0.2, 0.25) is 0 Å². The summed E-state index contributed by atoms with van der Waals surface area (Å²) < 4.78 is 18.7. The van der Waals surface area contributed by atoms with Crippen LogP contribution in [0.25, 0.3) is 10.1 Å². The molecule has 1 atom stereocenters. The summed E-state index contributed by atoms with van der Waals surface area (Å²) in [6.07, 6.45) is 2.62. The molecule has 0 radical (unpaired) electrons. The lowest BCUT2D eigenvalue weighted by molar-refractivity contribution is -0.142. The molecule has 1 unspecified atom stereocenters. The highest BCUT2D eigenvalue weighted by Crippen LogP contribution is 2.34. The van der Waals surface area contributed by atoms with E-state index in [0.29, 0.717) is 18.9 Å². The van der Waals surface area contributed by atoms with E-state index in [1.54, 1.807) is 6.07 Å². The fraction of sp³-hybridized carbons (Fsp3) is 0.529. The number of aliphatic carboxylic acids is 1. The summed E-state index contributed by atoms with van der Waals surface area (Å²) in [4.78, 5) is 13.4.